The van der Waals surface area contributed by atoms with Crippen molar-refractivity contribution in [1.29, 1.82) is 0 Å². The third kappa shape index (κ3) is 3.65. The van der Waals surface area contributed by atoms with Crippen molar-refractivity contribution in [3.8, 4) is 0 Å². The molecule has 1 aromatic heterocycles. The van der Waals surface area contributed by atoms with E-state index in [0.29, 0.717) is 13.1 Å². The molecule has 2 rings (SSSR count). The van der Waals surface area contributed by atoms with Gasteiger partial charge in [-0.05, 0) is 19.8 Å². The monoisotopic (exact) mass is 273 g/mol. The number of hydrogen-bond donors (Lipinski definition) is 1. The van der Waals surface area contributed by atoms with Gasteiger partial charge in [-0.3, -0.25) is 0 Å². The largest absolute Gasteiger partial charge is 0.361 e. The Bertz CT molecular complexity index is 428. The highest BCUT2D eigenvalue weighted by atomic mass is 19.3. The van der Waals surface area contributed by atoms with Gasteiger partial charge in [-0.1, -0.05) is 5.16 Å². The number of carbonyl (C=O) groups is 1. The molecular weight excluding hydrogens is 256 g/mol. The van der Waals surface area contributed by atoms with Gasteiger partial charge in [-0.15, -0.1) is 0 Å². The van der Waals surface area contributed by atoms with Gasteiger partial charge in [0.2, 0.25) is 0 Å². The Hall–Kier alpha value is -1.66. The zero-order valence-corrected chi connectivity index (χ0v) is 10.7. The van der Waals surface area contributed by atoms with E-state index in [1.807, 2.05) is 13.0 Å². The number of piperidine rings is 1. The van der Waals surface area contributed by atoms with E-state index >= 15 is 0 Å². The van der Waals surface area contributed by atoms with Crippen LogP contribution in [-0.2, 0) is 0 Å². The molecule has 2 amide bonds. The van der Waals surface area contributed by atoms with Crippen LogP contribution >= 0.6 is 0 Å². The molecule has 1 fully saturated rings. The molecule has 7 heteroatoms. The van der Waals surface area contributed by atoms with E-state index in [2.05, 4.69) is 10.5 Å². The first-order valence-electron chi connectivity index (χ1n) is 6.30. The molecule has 0 bridgehead atoms. The summed E-state index contributed by atoms with van der Waals surface area (Å²) in [5.74, 6) is 1.09. The second-order valence-corrected chi connectivity index (χ2v) is 4.71. The fraction of sp³-hybridized carbons (Fsp3) is 0.667. The SMILES string of the molecule is Cc1cc(C2CCN(C(=O)NCC(F)F)CC2)on1. The summed E-state index contributed by atoms with van der Waals surface area (Å²) in [6.45, 7) is 2.35. The van der Waals surface area contributed by atoms with Crippen LogP contribution in [0.5, 0.6) is 0 Å². The normalized spacial score (nSPS) is 16.9. The topological polar surface area (TPSA) is 58.4 Å². The van der Waals surface area contributed by atoms with Crippen molar-refractivity contribution in [2.45, 2.75) is 32.1 Å². The molecule has 1 N–H and O–H groups in total. The van der Waals surface area contributed by atoms with Gasteiger partial charge in [0.15, 0.2) is 0 Å². The van der Waals surface area contributed by atoms with Crippen LogP contribution in [0.1, 0.15) is 30.2 Å². The summed E-state index contributed by atoms with van der Waals surface area (Å²) in [5.41, 5.74) is 0.840. The van der Waals surface area contributed by atoms with Gasteiger partial charge in [0.05, 0.1) is 12.2 Å². The highest BCUT2D eigenvalue weighted by Gasteiger charge is 2.26. The number of carbonyl (C=O) groups excluding carboxylic acids is 1. The number of halogens is 2. The van der Waals surface area contributed by atoms with E-state index in [-0.39, 0.29) is 5.92 Å². The van der Waals surface area contributed by atoms with Crippen molar-refractivity contribution >= 4 is 6.03 Å². The highest BCUT2D eigenvalue weighted by molar-refractivity contribution is 5.74. The third-order valence-corrected chi connectivity index (χ3v) is 3.24. The Morgan fingerprint density at radius 1 is 1.58 bits per heavy atom. The maximum absolute atomic E-state index is 12.0. The van der Waals surface area contributed by atoms with Crippen LogP contribution in [0.2, 0.25) is 0 Å². The van der Waals surface area contributed by atoms with E-state index in [0.717, 1.165) is 24.3 Å². The van der Waals surface area contributed by atoms with Crippen LogP contribution < -0.4 is 5.32 Å². The Morgan fingerprint density at radius 2 is 2.26 bits per heavy atom. The summed E-state index contributed by atoms with van der Waals surface area (Å²) in [6.07, 6.45) is -0.994. The fourth-order valence-corrected chi connectivity index (χ4v) is 2.22. The van der Waals surface area contributed by atoms with E-state index in [1.54, 1.807) is 4.90 Å². The molecule has 5 nitrogen and oxygen atoms in total. The van der Waals surface area contributed by atoms with Crippen molar-refractivity contribution in [1.82, 2.24) is 15.4 Å². The zero-order valence-electron chi connectivity index (χ0n) is 10.7. The standard InChI is InChI=1S/C12H17F2N3O2/c1-8-6-10(19-16-8)9-2-4-17(5-3-9)12(18)15-7-11(13)14/h6,9,11H,2-5,7H2,1H3,(H,15,18). The van der Waals surface area contributed by atoms with Crippen LogP contribution in [-0.4, -0.2) is 42.1 Å². The van der Waals surface area contributed by atoms with Gasteiger partial charge >= 0.3 is 6.03 Å². The number of amides is 2. The second-order valence-electron chi connectivity index (χ2n) is 4.71. The van der Waals surface area contributed by atoms with Crippen LogP contribution in [0.4, 0.5) is 13.6 Å². The Labute approximate surface area is 109 Å². The predicted molar refractivity (Wildman–Crippen MR) is 64.2 cm³/mol. The molecule has 106 valence electrons. The maximum atomic E-state index is 12.0. The number of hydrogen-bond acceptors (Lipinski definition) is 3. The van der Waals surface area contributed by atoms with Crippen LogP contribution in [0.15, 0.2) is 10.6 Å². The lowest BCUT2D eigenvalue weighted by Gasteiger charge is -2.30. The van der Waals surface area contributed by atoms with Gasteiger partial charge < -0.3 is 14.7 Å². The van der Waals surface area contributed by atoms with Crippen molar-refractivity contribution < 1.29 is 18.1 Å². The number of aromatic nitrogens is 1. The third-order valence-electron chi connectivity index (χ3n) is 3.24. The van der Waals surface area contributed by atoms with Gasteiger partial charge in [0.25, 0.3) is 6.43 Å². The van der Waals surface area contributed by atoms with E-state index < -0.39 is 19.0 Å². The van der Waals surface area contributed by atoms with Gasteiger partial charge in [0.1, 0.15) is 5.76 Å². The summed E-state index contributed by atoms with van der Waals surface area (Å²) in [4.78, 5) is 13.2. The molecule has 0 saturated carbocycles. The molecule has 0 unspecified atom stereocenters. The summed E-state index contributed by atoms with van der Waals surface area (Å²) in [7, 11) is 0. The van der Waals surface area contributed by atoms with Crippen molar-refractivity contribution in [3.05, 3.63) is 17.5 Å². The number of rotatable bonds is 3. The fourth-order valence-electron chi connectivity index (χ4n) is 2.22. The molecule has 0 atom stereocenters. The van der Waals surface area contributed by atoms with Gasteiger partial charge in [-0.2, -0.15) is 0 Å². The quantitative estimate of drug-likeness (QED) is 0.918. The summed E-state index contributed by atoms with van der Waals surface area (Å²) in [6, 6.07) is 1.48. The summed E-state index contributed by atoms with van der Waals surface area (Å²) < 4.78 is 29.2. The highest BCUT2D eigenvalue weighted by Crippen LogP contribution is 2.28. The van der Waals surface area contributed by atoms with Gasteiger partial charge in [-0.25, -0.2) is 13.6 Å². The van der Waals surface area contributed by atoms with Crippen molar-refractivity contribution in [2.75, 3.05) is 19.6 Å². The van der Waals surface area contributed by atoms with Crippen molar-refractivity contribution in [2.24, 2.45) is 0 Å². The zero-order chi connectivity index (χ0) is 13.8. The lowest BCUT2D eigenvalue weighted by molar-refractivity contribution is 0.135. The minimum absolute atomic E-state index is 0.250. The average Bonchev–Trinajstić information content (AvgIpc) is 2.83. The number of nitrogens with zero attached hydrogens (tertiary/aromatic N) is 2. The predicted octanol–water partition coefficient (Wildman–Crippen LogP) is 2.14. The van der Waals surface area contributed by atoms with E-state index in [9.17, 15) is 13.6 Å². The average molecular weight is 273 g/mol. The molecule has 0 spiro atoms. The second kappa shape index (κ2) is 5.99. The van der Waals surface area contributed by atoms with Crippen molar-refractivity contribution in [3.63, 3.8) is 0 Å². The van der Waals surface area contributed by atoms with E-state index in [1.165, 1.54) is 0 Å². The molecule has 1 aliphatic rings. The smallest absolute Gasteiger partial charge is 0.317 e. The minimum atomic E-state index is -2.52. The Balaban J connectivity index is 1.80. The molecule has 0 aromatic carbocycles. The van der Waals surface area contributed by atoms with Crippen LogP contribution in [0.3, 0.4) is 0 Å². The first kappa shape index (κ1) is 13.8. The molecule has 1 saturated heterocycles. The number of urea groups is 1. The number of aryl methyl sites for hydroxylation is 1. The van der Waals surface area contributed by atoms with Crippen LogP contribution in [0.25, 0.3) is 0 Å². The molecule has 0 radical (unpaired) electrons. The summed E-state index contributed by atoms with van der Waals surface area (Å²) >= 11 is 0. The first-order chi connectivity index (χ1) is 9.06. The molecule has 0 aliphatic carbocycles. The lowest BCUT2D eigenvalue weighted by atomic mass is 9.94. The number of nitrogens with one attached hydrogen (secondary N) is 1. The lowest BCUT2D eigenvalue weighted by Crippen LogP contribution is -2.45. The molecule has 19 heavy (non-hydrogen) atoms. The Kier molecular flexibility index (Phi) is 4.34. The van der Waals surface area contributed by atoms with E-state index in [4.69, 9.17) is 4.52 Å². The number of alkyl halides is 2. The summed E-state index contributed by atoms with van der Waals surface area (Å²) in [5, 5.41) is 6.06. The molecule has 1 aliphatic heterocycles. The molecular formula is C12H17F2N3O2. The molecule has 2 heterocycles. The first-order valence-corrected chi connectivity index (χ1v) is 6.30. The minimum Gasteiger partial charge on any atom is -0.361 e. The van der Waals surface area contributed by atoms with Crippen LogP contribution in [0, 0.1) is 6.92 Å². The molecule has 1 aromatic rings. The number of likely N-dealkylation sites (tertiary alicyclic amines) is 1. The van der Waals surface area contributed by atoms with Gasteiger partial charge in [0, 0.05) is 25.1 Å². The Morgan fingerprint density at radius 3 is 2.79 bits per heavy atom. The maximum Gasteiger partial charge on any atom is 0.317 e.